The number of hydroxylamine groups is 1. The van der Waals surface area contributed by atoms with Crippen molar-refractivity contribution in [1.29, 1.82) is 0 Å². The SMILES string of the molecule is COc1ccc(S(=O)(=O)N(Cc2ccccc2)C2(C(=O)NO)CCN(Cc3ccccc3)CC2)cc1. The fourth-order valence-corrected chi connectivity index (χ4v) is 6.49. The van der Waals surface area contributed by atoms with Crippen molar-refractivity contribution in [3.8, 4) is 5.75 Å². The summed E-state index contributed by atoms with van der Waals surface area (Å²) in [4.78, 5) is 15.5. The molecule has 1 heterocycles. The molecule has 4 rings (SSSR count). The first kappa shape index (κ1) is 25.8. The molecule has 36 heavy (non-hydrogen) atoms. The zero-order valence-corrected chi connectivity index (χ0v) is 21.0. The van der Waals surface area contributed by atoms with Gasteiger partial charge in [0.1, 0.15) is 11.3 Å². The number of carbonyl (C=O) groups excluding carboxylic acids is 1. The number of sulfonamides is 1. The average molecular weight is 510 g/mol. The van der Waals surface area contributed by atoms with Gasteiger partial charge in [-0.1, -0.05) is 60.7 Å². The summed E-state index contributed by atoms with van der Waals surface area (Å²) in [5, 5.41) is 9.72. The minimum atomic E-state index is -4.13. The van der Waals surface area contributed by atoms with Crippen LogP contribution < -0.4 is 10.2 Å². The van der Waals surface area contributed by atoms with Gasteiger partial charge >= 0.3 is 0 Å². The van der Waals surface area contributed by atoms with Crippen LogP contribution in [-0.2, 0) is 27.9 Å². The van der Waals surface area contributed by atoms with Crippen molar-refractivity contribution in [3.05, 3.63) is 96.1 Å². The minimum absolute atomic E-state index is 0.0126. The van der Waals surface area contributed by atoms with E-state index in [0.29, 0.717) is 25.4 Å². The number of hydrogen-bond donors (Lipinski definition) is 2. The molecule has 1 aliphatic rings. The van der Waals surface area contributed by atoms with Crippen molar-refractivity contribution >= 4 is 15.9 Å². The van der Waals surface area contributed by atoms with E-state index in [9.17, 15) is 18.4 Å². The standard InChI is InChI=1S/C27H31N3O5S/c1-35-24-12-14-25(15-13-24)36(33,34)30(21-23-10-6-3-7-11-23)27(26(31)28-32)16-18-29(19-17-27)20-22-8-4-2-5-9-22/h2-15,32H,16-21H2,1H3,(H,28,31). The number of ether oxygens (including phenoxy) is 1. The van der Waals surface area contributed by atoms with E-state index in [4.69, 9.17) is 4.74 Å². The highest BCUT2D eigenvalue weighted by atomic mass is 32.2. The van der Waals surface area contributed by atoms with E-state index in [0.717, 1.165) is 11.1 Å². The first-order valence-corrected chi connectivity index (χ1v) is 13.2. The van der Waals surface area contributed by atoms with Crippen LogP contribution in [0.15, 0.2) is 89.8 Å². The van der Waals surface area contributed by atoms with Crippen molar-refractivity contribution in [2.45, 2.75) is 36.4 Å². The first-order chi connectivity index (χ1) is 17.4. The molecule has 2 N–H and O–H groups in total. The molecule has 190 valence electrons. The number of likely N-dealkylation sites (tertiary alicyclic amines) is 1. The van der Waals surface area contributed by atoms with Crippen molar-refractivity contribution in [2.24, 2.45) is 0 Å². The Bertz CT molecular complexity index is 1240. The lowest BCUT2D eigenvalue weighted by Crippen LogP contribution is -2.63. The molecule has 1 fully saturated rings. The molecule has 3 aromatic carbocycles. The lowest BCUT2D eigenvalue weighted by molar-refractivity contribution is -0.142. The second kappa shape index (κ2) is 11.2. The summed E-state index contributed by atoms with van der Waals surface area (Å²) in [6, 6.07) is 25.3. The van der Waals surface area contributed by atoms with E-state index in [2.05, 4.69) is 4.90 Å². The molecule has 0 radical (unpaired) electrons. The van der Waals surface area contributed by atoms with Crippen LogP contribution in [0.3, 0.4) is 0 Å². The number of methoxy groups -OCH3 is 1. The minimum Gasteiger partial charge on any atom is -0.497 e. The number of amides is 1. The van der Waals surface area contributed by atoms with Crippen LogP contribution in [0.1, 0.15) is 24.0 Å². The zero-order valence-electron chi connectivity index (χ0n) is 20.2. The van der Waals surface area contributed by atoms with E-state index in [1.54, 1.807) is 17.6 Å². The third-order valence-corrected chi connectivity index (χ3v) is 8.68. The van der Waals surface area contributed by atoms with Gasteiger partial charge in [-0.2, -0.15) is 4.31 Å². The molecule has 0 bridgehead atoms. The summed E-state index contributed by atoms with van der Waals surface area (Å²) in [5.74, 6) is -0.199. The Hall–Kier alpha value is -3.24. The Morgan fingerprint density at radius 3 is 2.03 bits per heavy atom. The van der Waals surface area contributed by atoms with Gasteiger partial charge in [-0.15, -0.1) is 0 Å². The summed E-state index contributed by atoms with van der Waals surface area (Å²) in [5.41, 5.74) is 2.19. The van der Waals surface area contributed by atoms with Gasteiger partial charge in [0.15, 0.2) is 0 Å². The maximum Gasteiger partial charge on any atom is 0.265 e. The summed E-state index contributed by atoms with van der Waals surface area (Å²) in [6.45, 7) is 1.67. The van der Waals surface area contributed by atoms with Crippen LogP contribution in [0.25, 0.3) is 0 Å². The van der Waals surface area contributed by atoms with Gasteiger partial charge in [-0.05, 0) is 48.2 Å². The van der Waals surface area contributed by atoms with Gasteiger partial charge < -0.3 is 4.74 Å². The molecule has 0 spiro atoms. The number of hydrogen-bond acceptors (Lipinski definition) is 6. The average Bonchev–Trinajstić information content (AvgIpc) is 2.93. The first-order valence-electron chi connectivity index (χ1n) is 11.8. The summed E-state index contributed by atoms with van der Waals surface area (Å²) in [6.07, 6.45) is 0.461. The van der Waals surface area contributed by atoms with Crippen molar-refractivity contribution in [3.63, 3.8) is 0 Å². The molecule has 1 aliphatic heterocycles. The molecule has 0 unspecified atom stereocenters. The second-order valence-electron chi connectivity index (χ2n) is 8.91. The molecule has 9 heteroatoms. The maximum absolute atomic E-state index is 14.0. The largest absolute Gasteiger partial charge is 0.497 e. The molecule has 0 aromatic heterocycles. The van der Waals surface area contributed by atoms with Crippen molar-refractivity contribution in [2.75, 3.05) is 20.2 Å². The van der Waals surface area contributed by atoms with E-state index in [-0.39, 0.29) is 24.3 Å². The van der Waals surface area contributed by atoms with Gasteiger partial charge in [0.05, 0.1) is 12.0 Å². The van der Waals surface area contributed by atoms with Crippen molar-refractivity contribution < 1.29 is 23.2 Å². The lowest BCUT2D eigenvalue weighted by Gasteiger charge is -2.46. The van der Waals surface area contributed by atoms with Crippen LogP contribution in [0, 0.1) is 0 Å². The quantitative estimate of drug-likeness (QED) is 0.339. The van der Waals surface area contributed by atoms with Crippen LogP contribution in [0.4, 0.5) is 0 Å². The van der Waals surface area contributed by atoms with E-state index in [1.165, 1.54) is 23.5 Å². The zero-order chi connectivity index (χ0) is 25.6. The van der Waals surface area contributed by atoms with Gasteiger partial charge in [-0.3, -0.25) is 14.9 Å². The Kier molecular flexibility index (Phi) is 8.05. The van der Waals surface area contributed by atoms with Crippen LogP contribution in [0.2, 0.25) is 0 Å². The number of nitrogens with zero attached hydrogens (tertiary/aromatic N) is 2. The van der Waals surface area contributed by atoms with Crippen LogP contribution in [-0.4, -0.2) is 54.5 Å². The third kappa shape index (κ3) is 5.44. The maximum atomic E-state index is 14.0. The third-order valence-electron chi connectivity index (χ3n) is 6.75. The highest BCUT2D eigenvalue weighted by Crippen LogP contribution is 2.36. The van der Waals surface area contributed by atoms with Crippen molar-refractivity contribution in [1.82, 2.24) is 14.7 Å². The van der Waals surface area contributed by atoms with E-state index < -0.39 is 21.5 Å². The van der Waals surface area contributed by atoms with Gasteiger partial charge in [0.25, 0.3) is 5.91 Å². The second-order valence-corrected chi connectivity index (χ2v) is 10.8. The normalized spacial score (nSPS) is 16.0. The Morgan fingerprint density at radius 1 is 0.944 bits per heavy atom. The Balaban J connectivity index is 1.70. The molecule has 1 amide bonds. The predicted octanol–water partition coefficient (Wildman–Crippen LogP) is 3.43. The molecule has 3 aromatic rings. The number of rotatable bonds is 9. The number of nitrogens with one attached hydrogen (secondary N) is 1. The summed E-state index contributed by atoms with van der Waals surface area (Å²) >= 11 is 0. The smallest absolute Gasteiger partial charge is 0.265 e. The topological polar surface area (TPSA) is 99.2 Å². The molecular formula is C27H31N3O5S. The lowest BCUT2D eigenvalue weighted by atomic mass is 9.86. The van der Waals surface area contributed by atoms with E-state index in [1.807, 2.05) is 60.7 Å². The molecule has 0 atom stereocenters. The van der Waals surface area contributed by atoms with E-state index >= 15 is 0 Å². The predicted molar refractivity (Wildman–Crippen MR) is 136 cm³/mol. The number of piperidine rings is 1. The monoisotopic (exact) mass is 509 g/mol. The molecular weight excluding hydrogens is 478 g/mol. The number of benzene rings is 3. The van der Waals surface area contributed by atoms with Gasteiger partial charge in [0.2, 0.25) is 10.0 Å². The van der Waals surface area contributed by atoms with Crippen LogP contribution >= 0.6 is 0 Å². The van der Waals surface area contributed by atoms with Crippen LogP contribution in [0.5, 0.6) is 5.75 Å². The number of carbonyl (C=O) groups is 1. The Morgan fingerprint density at radius 2 is 1.50 bits per heavy atom. The van der Waals surface area contributed by atoms with Gasteiger partial charge in [0, 0.05) is 26.2 Å². The highest BCUT2D eigenvalue weighted by Gasteiger charge is 2.51. The summed E-state index contributed by atoms with van der Waals surface area (Å²) < 4.78 is 34.5. The Labute approximate surface area is 212 Å². The summed E-state index contributed by atoms with van der Waals surface area (Å²) in [7, 11) is -2.62. The fraction of sp³-hybridized carbons (Fsp3) is 0.296. The molecule has 0 saturated carbocycles. The molecule has 0 aliphatic carbocycles. The fourth-order valence-electron chi connectivity index (χ4n) is 4.71. The highest BCUT2D eigenvalue weighted by molar-refractivity contribution is 7.89. The molecule has 1 saturated heterocycles. The molecule has 8 nitrogen and oxygen atoms in total. The van der Waals surface area contributed by atoms with Gasteiger partial charge in [-0.25, -0.2) is 13.9 Å².